The molecule has 0 radical (unpaired) electrons. The second-order valence-electron chi connectivity index (χ2n) is 9.36. The van der Waals surface area contributed by atoms with E-state index in [2.05, 4.69) is 84.9 Å². The van der Waals surface area contributed by atoms with Gasteiger partial charge in [-0.3, -0.25) is 4.98 Å². The first-order valence-electron chi connectivity index (χ1n) is 12.9. The van der Waals surface area contributed by atoms with Crippen LogP contribution in [0.2, 0.25) is 0 Å². The molecule has 3 nitrogen and oxygen atoms in total. The fourth-order valence-electron chi connectivity index (χ4n) is 4.87. The van der Waals surface area contributed by atoms with Crippen LogP contribution in [0.5, 0.6) is 11.5 Å². The van der Waals surface area contributed by atoms with Gasteiger partial charge in [0.05, 0.1) is 11.0 Å². The van der Waals surface area contributed by atoms with Crippen LogP contribution in [-0.2, 0) is 0 Å². The summed E-state index contributed by atoms with van der Waals surface area (Å²) in [7, 11) is -1.52. The zero-order valence-electron chi connectivity index (χ0n) is 21.1. The summed E-state index contributed by atoms with van der Waals surface area (Å²) in [6, 6.07) is 47.6. The number of aromatic nitrogens is 1. The number of hydrogen-bond donors (Lipinski definition) is 0. The fourth-order valence-corrected chi connectivity index (χ4v) is 6.25. The standard InChI is InChI=1S/C35H24NO2P/c1-2-13-29-24-36-33(23-27(29)12-1)28-16-7-17-30(22-28)39(37-34-20-8-14-25-10-3-5-18-31(25)34)38-35-21-9-15-26-11-4-6-19-32(26)35/h1-24H. The number of hydrogen-bond acceptors (Lipinski definition) is 3. The zero-order valence-corrected chi connectivity index (χ0v) is 22.0. The molecule has 1 heterocycles. The van der Waals surface area contributed by atoms with Gasteiger partial charge >= 0.3 is 8.38 Å². The molecule has 186 valence electrons. The van der Waals surface area contributed by atoms with Gasteiger partial charge in [-0.05, 0) is 46.5 Å². The summed E-state index contributed by atoms with van der Waals surface area (Å²) in [5.41, 5.74) is 1.94. The predicted octanol–water partition coefficient (Wildman–Crippen LogP) is 9.30. The molecule has 0 N–H and O–H groups in total. The molecule has 0 fully saturated rings. The van der Waals surface area contributed by atoms with Crippen molar-refractivity contribution in [3.05, 3.63) is 146 Å². The van der Waals surface area contributed by atoms with Crippen molar-refractivity contribution in [2.45, 2.75) is 0 Å². The molecule has 0 spiro atoms. The third-order valence-corrected chi connectivity index (χ3v) is 8.27. The lowest BCUT2D eigenvalue weighted by Crippen LogP contribution is -2.11. The molecule has 4 heteroatoms. The average Bonchev–Trinajstić information content (AvgIpc) is 3.01. The highest BCUT2D eigenvalue weighted by molar-refractivity contribution is 7.56. The van der Waals surface area contributed by atoms with Crippen molar-refractivity contribution in [1.29, 1.82) is 0 Å². The Morgan fingerprint density at radius 1 is 0.462 bits per heavy atom. The summed E-state index contributed by atoms with van der Waals surface area (Å²) in [5, 5.41) is 7.63. The largest absolute Gasteiger partial charge is 0.435 e. The van der Waals surface area contributed by atoms with E-state index in [1.165, 1.54) is 0 Å². The quantitative estimate of drug-likeness (QED) is 0.204. The Bertz CT molecular complexity index is 1860. The summed E-state index contributed by atoms with van der Waals surface area (Å²) < 4.78 is 13.5. The SMILES string of the molecule is c1cc(-c2cc3ccccc3cn2)cc(P(Oc2cccc3ccccc23)Oc2cccc3ccccc23)c1. The molecule has 0 amide bonds. The van der Waals surface area contributed by atoms with Crippen LogP contribution in [0.25, 0.3) is 43.6 Å². The van der Waals surface area contributed by atoms with Gasteiger partial charge in [-0.15, -0.1) is 0 Å². The third kappa shape index (κ3) is 4.69. The van der Waals surface area contributed by atoms with E-state index in [0.29, 0.717) is 0 Å². The van der Waals surface area contributed by atoms with E-state index in [1.54, 1.807) is 0 Å². The van der Waals surface area contributed by atoms with E-state index < -0.39 is 8.38 Å². The van der Waals surface area contributed by atoms with Crippen LogP contribution in [0.15, 0.2) is 146 Å². The Morgan fingerprint density at radius 2 is 1.00 bits per heavy atom. The third-order valence-electron chi connectivity index (χ3n) is 6.85. The Labute approximate surface area is 228 Å². The molecule has 0 aliphatic carbocycles. The number of nitrogens with zero attached hydrogens (tertiary/aromatic N) is 1. The molecule has 0 unspecified atom stereocenters. The number of rotatable bonds is 6. The minimum absolute atomic E-state index is 0.800. The van der Waals surface area contributed by atoms with Crippen molar-refractivity contribution in [1.82, 2.24) is 4.98 Å². The molecule has 0 aliphatic rings. The van der Waals surface area contributed by atoms with Gasteiger partial charge in [0, 0.05) is 27.9 Å². The van der Waals surface area contributed by atoms with Gasteiger partial charge in [-0.1, -0.05) is 109 Å². The van der Waals surface area contributed by atoms with E-state index in [4.69, 9.17) is 14.0 Å². The van der Waals surface area contributed by atoms with Gasteiger partial charge in [-0.25, -0.2) is 0 Å². The van der Waals surface area contributed by atoms with Crippen LogP contribution in [-0.4, -0.2) is 4.98 Å². The summed E-state index contributed by atoms with van der Waals surface area (Å²) in [6.07, 6.45) is 1.93. The first-order chi connectivity index (χ1) is 19.3. The van der Waals surface area contributed by atoms with Gasteiger partial charge in [0.15, 0.2) is 0 Å². The van der Waals surface area contributed by atoms with E-state index in [1.807, 2.05) is 60.8 Å². The maximum Gasteiger partial charge on any atom is 0.326 e. The topological polar surface area (TPSA) is 31.4 Å². The molecule has 1 aromatic heterocycles. The number of pyridine rings is 1. The van der Waals surface area contributed by atoms with Crippen LogP contribution >= 0.6 is 8.38 Å². The first kappa shape index (κ1) is 23.4. The Morgan fingerprint density at radius 3 is 1.67 bits per heavy atom. The van der Waals surface area contributed by atoms with Gasteiger partial charge in [-0.2, -0.15) is 0 Å². The fraction of sp³-hybridized carbons (Fsp3) is 0. The maximum absolute atomic E-state index is 6.75. The normalized spacial score (nSPS) is 11.3. The van der Waals surface area contributed by atoms with Crippen molar-refractivity contribution in [3.63, 3.8) is 0 Å². The summed E-state index contributed by atoms with van der Waals surface area (Å²) in [4.78, 5) is 4.75. The molecule has 6 aromatic carbocycles. The van der Waals surface area contributed by atoms with Crippen LogP contribution in [0.1, 0.15) is 0 Å². The second-order valence-corrected chi connectivity index (χ2v) is 10.8. The molecule has 7 aromatic rings. The molecule has 0 saturated carbocycles. The number of fused-ring (bicyclic) bond motifs is 3. The number of benzene rings is 6. The van der Waals surface area contributed by atoms with Crippen LogP contribution in [0.4, 0.5) is 0 Å². The Hall–Kier alpha value is -4.72. The minimum atomic E-state index is -1.52. The highest BCUT2D eigenvalue weighted by Crippen LogP contribution is 2.44. The monoisotopic (exact) mass is 521 g/mol. The van der Waals surface area contributed by atoms with Crippen LogP contribution < -0.4 is 14.4 Å². The van der Waals surface area contributed by atoms with Gasteiger partial charge in [0.1, 0.15) is 11.5 Å². The summed E-state index contributed by atoms with van der Waals surface area (Å²) in [6.45, 7) is 0. The molecule has 0 saturated heterocycles. The molecule has 7 rings (SSSR count). The predicted molar refractivity (Wildman–Crippen MR) is 163 cm³/mol. The van der Waals surface area contributed by atoms with Crippen molar-refractivity contribution in [3.8, 4) is 22.8 Å². The lowest BCUT2D eigenvalue weighted by molar-refractivity contribution is 0.508. The van der Waals surface area contributed by atoms with E-state index in [9.17, 15) is 0 Å². The highest BCUT2D eigenvalue weighted by Gasteiger charge is 2.21. The van der Waals surface area contributed by atoms with Crippen LogP contribution in [0.3, 0.4) is 0 Å². The average molecular weight is 522 g/mol. The Balaban J connectivity index is 1.33. The minimum Gasteiger partial charge on any atom is -0.435 e. The molecule has 0 aliphatic heterocycles. The smallest absolute Gasteiger partial charge is 0.326 e. The Kier molecular flexibility index (Phi) is 6.13. The van der Waals surface area contributed by atoms with E-state index in [-0.39, 0.29) is 0 Å². The van der Waals surface area contributed by atoms with Gasteiger partial charge in [0.25, 0.3) is 0 Å². The lowest BCUT2D eigenvalue weighted by atomic mass is 10.1. The first-order valence-corrected chi connectivity index (χ1v) is 14.1. The highest BCUT2D eigenvalue weighted by atomic mass is 31.2. The van der Waals surface area contributed by atoms with Gasteiger partial charge in [0.2, 0.25) is 0 Å². The molecule has 0 bridgehead atoms. The molecular formula is C35H24NO2P. The van der Waals surface area contributed by atoms with Crippen molar-refractivity contribution in [2.75, 3.05) is 0 Å². The van der Waals surface area contributed by atoms with E-state index >= 15 is 0 Å². The van der Waals surface area contributed by atoms with E-state index in [0.717, 1.165) is 60.4 Å². The lowest BCUT2D eigenvalue weighted by Gasteiger charge is -2.21. The molecule has 0 atom stereocenters. The summed E-state index contributed by atoms with van der Waals surface area (Å²) >= 11 is 0. The molecule has 39 heavy (non-hydrogen) atoms. The van der Waals surface area contributed by atoms with Gasteiger partial charge < -0.3 is 9.05 Å². The maximum atomic E-state index is 6.75. The molecular weight excluding hydrogens is 497 g/mol. The van der Waals surface area contributed by atoms with Crippen molar-refractivity contribution in [2.24, 2.45) is 0 Å². The van der Waals surface area contributed by atoms with Crippen molar-refractivity contribution >= 4 is 46.0 Å². The van der Waals surface area contributed by atoms with Crippen LogP contribution in [0, 0.1) is 0 Å². The second kappa shape index (κ2) is 10.2. The zero-order chi connectivity index (χ0) is 26.0. The summed E-state index contributed by atoms with van der Waals surface area (Å²) in [5.74, 6) is 1.60. The van der Waals surface area contributed by atoms with Crippen molar-refractivity contribution < 1.29 is 9.05 Å².